The van der Waals surface area contributed by atoms with Crippen molar-refractivity contribution in [1.82, 2.24) is 0 Å². The Labute approximate surface area is 234 Å². The molecule has 0 spiro atoms. The predicted molar refractivity (Wildman–Crippen MR) is 158 cm³/mol. The molecule has 1 saturated heterocycles. The van der Waals surface area contributed by atoms with Crippen molar-refractivity contribution in [1.29, 1.82) is 0 Å². The number of aliphatic hydroxyl groups is 1. The Balaban J connectivity index is 0.000000550. The summed E-state index contributed by atoms with van der Waals surface area (Å²) in [6, 6.07) is 0. The van der Waals surface area contributed by atoms with E-state index in [0.717, 1.165) is 32.1 Å². The van der Waals surface area contributed by atoms with E-state index in [9.17, 15) is 14.7 Å². The van der Waals surface area contributed by atoms with E-state index >= 15 is 0 Å². The molecular formula is C32H56O5Si. The lowest BCUT2D eigenvalue weighted by Crippen LogP contribution is -2.47. The highest BCUT2D eigenvalue weighted by Crippen LogP contribution is 2.44. The first-order valence-corrected chi connectivity index (χ1v) is 17.7. The van der Waals surface area contributed by atoms with Crippen LogP contribution in [0.3, 0.4) is 0 Å². The number of ketones is 1. The summed E-state index contributed by atoms with van der Waals surface area (Å²) in [6.07, 6.45) is 11.2. The summed E-state index contributed by atoms with van der Waals surface area (Å²) in [5.74, 6) is 1.61. The second-order valence-corrected chi connectivity index (χ2v) is 19.0. The highest BCUT2D eigenvalue weighted by molar-refractivity contribution is 6.74. The van der Waals surface area contributed by atoms with Crippen LogP contribution in [0.5, 0.6) is 0 Å². The number of rotatable bonds is 7. The Hall–Kier alpha value is -1.24. The van der Waals surface area contributed by atoms with Gasteiger partial charge in [0.15, 0.2) is 8.32 Å². The molecule has 0 bridgehead atoms. The van der Waals surface area contributed by atoms with Crippen LogP contribution in [0.1, 0.15) is 101 Å². The van der Waals surface area contributed by atoms with Crippen LogP contribution in [0.2, 0.25) is 18.1 Å². The molecule has 218 valence electrons. The van der Waals surface area contributed by atoms with Crippen molar-refractivity contribution in [3.05, 3.63) is 23.8 Å². The first-order valence-electron chi connectivity index (χ1n) is 14.8. The minimum absolute atomic E-state index is 0.0302. The fraction of sp³-hybridized carbons (Fsp3) is 0.812. The third-order valence-electron chi connectivity index (χ3n) is 9.76. The van der Waals surface area contributed by atoms with Gasteiger partial charge < -0.3 is 14.3 Å². The zero-order valence-electron chi connectivity index (χ0n) is 26.1. The molecule has 1 fully saturated rings. The molecule has 0 aromatic heterocycles. The fourth-order valence-corrected chi connectivity index (χ4v) is 6.83. The lowest BCUT2D eigenvalue weighted by Gasteiger charge is -2.43. The van der Waals surface area contributed by atoms with E-state index < -0.39 is 8.32 Å². The first kappa shape index (κ1) is 33.0. The van der Waals surface area contributed by atoms with Crippen molar-refractivity contribution >= 4 is 20.1 Å². The standard InChI is InChI=1S/C25H42O4Si.C7H14O/c1-16-12-18-9-8-17(2)21(24(18)22(26)13-16)11-10-19-14-20(15-23(27)28-19)29-30(6,7)25(3,4)5;1-5-7(3,4)6(2)8/h8-9,12,16-17,19-22,24,26H,10-11,13-15H2,1-7H3;5H2,1-4H3/t16-,17-,19?,20-,21-,22-,24-;/m0./s1. The van der Waals surface area contributed by atoms with Gasteiger partial charge in [0.2, 0.25) is 0 Å². The zero-order valence-corrected chi connectivity index (χ0v) is 27.1. The monoisotopic (exact) mass is 548 g/mol. The van der Waals surface area contributed by atoms with Crippen molar-refractivity contribution in [3.63, 3.8) is 0 Å². The molecule has 0 aromatic carbocycles. The second-order valence-electron chi connectivity index (χ2n) is 14.3. The van der Waals surface area contributed by atoms with Crippen molar-refractivity contribution in [2.75, 3.05) is 0 Å². The largest absolute Gasteiger partial charge is 0.462 e. The Morgan fingerprint density at radius 2 is 1.76 bits per heavy atom. The maximum atomic E-state index is 12.3. The SMILES string of the molecule is CCC(C)(C)C(C)=O.C[C@H]1C=C2C=C[C@H](C)[C@H](CCC3C[C@H](O[Si](C)(C)C(C)(C)C)CC(=O)O3)[C@H]2[C@@H](O)C1. The predicted octanol–water partition coefficient (Wildman–Crippen LogP) is 7.64. The summed E-state index contributed by atoms with van der Waals surface area (Å²) in [4.78, 5) is 23.0. The van der Waals surface area contributed by atoms with Gasteiger partial charge in [-0.25, -0.2) is 0 Å². The number of aliphatic hydroxyl groups excluding tert-OH is 1. The number of cyclic esters (lactones) is 1. The molecule has 1 aliphatic heterocycles. The van der Waals surface area contributed by atoms with Crippen LogP contribution in [-0.4, -0.2) is 43.5 Å². The van der Waals surface area contributed by atoms with Crippen molar-refractivity contribution in [3.8, 4) is 0 Å². The Morgan fingerprint density at radius 3 is 2.29 bits per heavy atom. The summed E-state index contributed by atoms with van der Waals surface area (Å²) < 4.78 is 12.3. The molecule has 5 nitrogen and oxygen atoms in total. The van der Waals surface area contributed by atoms with Gasteiger partial charge in [0.25, 0.3) is 0 Å². The van der Waals surface area contributed by atoms with Crippen LogP contribution in [0.4, 0.5) is 0 Å². The number of esters is 1. The smallest absolute Gasteiger partial charge is 0.308 e. The van der Waals surface area contributed by atoms with E-state index in [2.05, 4.69) is 65.9 Å². The Morgan fingerprint density at radius 1 is 1.13 bits per heavy atom. The lowest BCUT2D eigenvalue weighted by molar-refractivity contribution is -0.160. The Kier molecular flexibility index (Phi) is 11.2. The van der Waals surface area contributed by atoms with Gasteiger partial charge in [-0.05, 0) is 74.1 Å². The van der Waals surface area contributed by atoms with E-state index in [0.29, 0.717) is 24.2 Å². The highest BCUT2D eigenvalue weighted by Gasteiger charge is 2.43. The molecule has 3 rings (SSSR count). The Bertz CT molecular complexity index is 881. The molecule has 0 saturated carbocycles. The first-order chi connectivity index (χ1) is 17.4. The van der Waals surface area contributed by atoms with Crippen LogP contribution in [0.25, 0.3) is 0 Å². The number of Topliss-reactive ketones (excluding diaryl/α,β-unsaturated/α-hetero) is 1. The van der Waals surface area contributed by atoms with E-state index in [1.807, 2.05) is 20.8 Å². The molecule has 7 atom stereocenters. The van der Waals surface area contributed by atoms with Gasteiger partial charge in [-0.3, -0.25) is 9.59 Å². The van der Waals surface area contributed by atoms with E-state index in [1.54, 1.807) is 6.92 Å². The second kappa shape index (κ2) is 12.9. The number of fused-ring (bicyclic) bond motifs is 1. The molecule has 1 unspecified atom stereocenters. The third kappa shape index (κ3) is 8.63. The van der Waals surface area contributed by atoms with E-state index in [1.165, 1.54) is 5.57 Å². The van der Waals surface area contributed by atoms with Crippen LogP contribution in [0.15, 0.2) is 23.8 Å². The molecule has 6 heteroatoms. The van der Waals surface area contributed by atoms with Gasteiger partial charge in [0.1, 0.15) is 11.9 Å². The van der Waals surface area contributed by atoms with Crippen molar-refractivity contribution < 1.29 is 23.9 Å². The maximum absolute atomic E-state index is 12.3. The average molecular weight is 549 g/mol. The topological polar surface area (TPSA) is 72.8 Å². The highest BCUT2D eigenvalue weighted by atomic mass is 28.4. The molecule has 0 amide bonds. The number of allylic oxidation sites excluding steroid dienone is 3. The molecule has 1 N–H and O–H groups in total. The minimum Gasteiger partial charge on any atom is -0.462 e. The molecule has 1 heterocycles. The number of carbonyl (C=O) groups is 2. The number of hydrogen-bond donors (Lipinski definition) is 1. The summed E-state index contributed by atoms with van der Waals surface area (Å²) in [6.45, 7) is 23.2. The fourth-order valence-electron chi connectivity index (χ4n) is 5.46. The van der Waals surface area contributed by atoms with Gasteiger partial charge in [0, 0.05) is 17.8 Å². The molecule has 2 aliphatic carbocycles. The van der Waals surface area contributed by atoms with Gasteiger partial charge in [0.05, 0.1) is 18.6 Å². The molecule has 0 aromatic rings. The van der Waals surface area contributed by atoms with Gasteiger partial charge >= 0.3 is 5.97 Å². The van der Waals surface area contributed by atoms with Gasteiger partial charge in [-0.1, -0.05) is 73.6 Å². The number of carbonyl (C=O) groups excluding carboxylic acids is 2. The molecule has 0 radical (unpaired) electrons. The lowest BCUT2D eigenvalue weighted by atomic mass is 9.65. The molecule has 3 aliphatic rings. The van der Waals surface area contributed by atoms with Crippen LogP contribution >= 0.6 is 0 Å². The maximum Gasteiger partial charge on any atom is 0.308 e. The summed E-state index contributed by atoms with van der Waals surface area (Å²) >= 11 is 0. The number of ether oxygens (including phenoxy) is 1. The summed E-state index contributed by atoms with van der Waals surface area (Å²) in [5, 5.41) is 10.9. The van der Waals surface area contributed by atoms with Gasteiger partial charge in [-0.15, -0.1) is 0 Å². The van der Waals surface area contributed by atoms with E-state index in [4.69, 9.17) is 9.16 Å². The number of hydrogen-bond acceptors (Lipinski definition) is 5. The van der Waals surface area contributed by atoms with Gasteiger partial charge in [-0.2, -0.15) is 0 Å². The molecular weight excluding hydrogens is 492 g/mol. The quantitative estimate of drug-likeness (QED) is 0.261. The summed E-state index contributed by atoms with van der Waals surface area (Å²) in [7, 11) is -1.91. The van der Waals surface area contributed by atoms with E-state index in [-0.39, 0.29) is 46.4 Å². The zero-order chi connectivity index (χ0) is 29.1. The summed E-state index contributed by atoms with van der Waals surface area (Å²) in [5.41, 5.74) is 1.20. The van der Waals surface area contributed by atoms with Crippen molar-refractivity contribution in [2.24, 2.45) is 29.1 Å². The average Bonchev–Trinajstić information content (AvgIpc) is 2.77. The van der Waals surface area contributed by atoms with Crippen LogP contribution in [0, 0.1) is 29.1 Å². The molecule has 38 heavy (non-hydrogen) atoms. The van der Waals surface area contributed by atoms with Crippen molar-refractivity contribution in [2.45, 2.75) is 137 Å². The normalized spacial score (nSPS) is 31.9. The minimum atomic E-state index is -1.91. The van der Waals surface area contributed by atoms with Crippen LogP contribution in [-0.2, 0) is 18.8 Å². The van der Waals surface area contributed by atoms with Crippen LogP contribution < -0.4 is 0 Å². The third-order valence-corrected chi connectivity index (χ3v) is 14.3.